The van der Waals surface area contributed by atoms with Crippen molar-refractivity contribution < 1.29 is 31.6 Å². The maximum absolute atomic E-state index is 14.4. The van der Waals surface area contributed by atoms with E-state index in [0.29, 0.717) is 0 Å². The standard InChI is InChI=1S/C25H21FN2O6S/c1-16-23(25(30)33-2)20(24(29)28(16)22-11-7-6-10-21(22)26)14-17-12-13-18(34-17)15-27-35(31,32)19-8-4-3-5-9-19/h3-14,27H,15H2,1-2H3/b20-14-. The number of benzene rings is 2. The van der Waals surface area contributed by atoms with Crippen LogP contribution in [-0.2, 0) is 30.9 Å². The highest BCUT2D eigenvalue weighted by molar-refractivity contribution is 7.89. The van der Waals surface area contributed by atoms with Crippen molar-refractivity contribution in [1.29, 1.82) is 0 Å². The minimum absolute atomic E-state index is 0.00439. The number of halogens is 1. The summed E-state index contributed by atoms with van der Waals surface area (Å²) < 4.78 is 52.2. The quantitative estimate of drug-likeness (QED) is 0.394. The van der Waals surface area contributed by atoms with E-state index >= 15 is 0 Å². The number of allylic oxidation sites excluding steroid dienone is 1. The molecule has 2 aromatic carbocycles. The lowest BCUT2D eigenvalue weighted by atomic mass is 10.1. The Hall–Kier alpha value is -4.02. The number of para-hydroxylation sites is 1. The Bertz CT molecular complexity index is 1460. The average molecular weight is 497 g/mol. The molecule has 1 aliphatic heterocycles. The van der Waals surface area contributed by atoms with Crippen LogP contribution in [0.1, 0.15) is 18.4 Å². The number of carbonyl (C=O) groups excluding carboxylic acids is 2. The number of carbonyl (C=O) groups is 2. The van der Waals surface area contributed by atoms with Gasteiger partial charge in [-0.15, -0.1) is 0 Å². The Morgan fingerprint density at radius 3 is 2.46 bits per heavy atom. The van der Waals surface area contributed by atoms with E-state index in [0.717, 1.165) is 4.90 Å². The van der Waals surface area contributed by atoms with Gasteiger partial charge >= 0.3 is 5.97 Å². The smallest absolute Gasteiger partial charge is 0.340 e. The summed E-state index contributed by atoms with van der Waals surface area (Å²) in [7, 11) is -2.56. The highest BCUT2D eigenvalue weighted by Crippen LogP contribution is 2.36. The van der Waals surface area contributed by atoms with E-state index in [1.165, 1.54) is 56.5 Å². The van der Waals surface area contributed by atoms with E-state index in [2.05, 4.69) is 4.72 Å². The van der Waals surface area contributed by atoms with Crippen LogP contribution in [0.4, 0.5) is 10.1 Å². The minimum Gasteiger partial charge on any atom is -0.465 e. The summed E-state index contributed by atoms with van der Waals surface area (Å²) in [5, 5.41) is 0. The van der Waals surface area contributed by atoms with Crippen molar-refractivity contribution in [2.45, 2.75) is 18.4 Å². The first-order chi connectivity index (χ1) is 16.7. The summed E-state index contributed by atoms with van der Waals surface area (Å²) >= 11 is 0. The maximum Gasteiger partial charge on any atom is 0.340 e. The second-order valence-electron chi connectivity index (χ2n) is 7.54. The topological polar surface area (TPSA) is 106 Å². The second kappa shape index (κ2) is 9.69. The molecule has 3 aromatic rings. The molecule has 35 heavy (non-hydrogen) atoms. The first-order valence-corrected chi connectivity index (χ1v) is 11.9. The Balaban J connectivity index is 1.62. The van der Waals surface area contributed by atoms with E-state index in [9.17, 15) is 22.4 Å². The van der Waals surface area contributed by atoms with Crippen molar-refractivity contribution in [3.63, 3.8) is 0 Å². The molecular weight excluding hydrogens is 475 g/mol. The molecule has 0 atom stereocenters. The van der Waals surface area contributed by atoms with Crippen LogP contribution in [-0.4, -0.2) is 27.4 Å². The molecule has 0 aliphatic carbocycles. The number of esters is 1. The van der Waals surface area contributed by atoms with Crippen LogP contribution in [0, 0.1) is 5.82 Å². The zero-order valence-electron chi connectivity index (χ0n) is 18.8. The number of nitrogens with zero attached hydrogens (tertiary/aromatic N) is 1. The van der Waals surface area contributed by atoms with Gasteiger partial charge in [0.15, 0.2) is 0 Å². The van der Waals surface area contributed by atoms with Gasteiger partial charge in [0, 0.05) is 5.70 Å². The molecular formula is C25H21FN2O6S. The fourth-order valence-corrected chi connectivity index (χ4v) is 4.68. The first-order valence-electron chi connectivity index (χ1n) is 10.5. The number of rotatable bonds is 7. The molecule has 0 saturated heterocycles. The zero-order valence-corrected chi connectivity index (χ0v) is 19.6. The summed E-state index contributed by atoms with van der Waals surface area (Å²) in [6.45, 7) is 1.39. The van der Waals surface area contributed by atoms with Crippen molar-refractivity contribution in [3.05, 3.63) is 101 Å². The fourth-order valence-electron chi connectivity index (χ4n) is 3.66. The van der Waals surface area contributed by atoms with Gasteiger partial charge in [0.25, 0.3) is 5.91 Å². The molecule has 10 heteroatoms. The lowest BCUT2D eigenvalue weighted by Crippen LogP contribution is -2.25. The third kappa shape index (κ3) is 4.79. The van der Waals surface area contributed by atoms with E-state index in [-0.39, 0.29) is 45.5 Å². The number of methoxy groups -OCH3 is 1. The molecule has 1 N–H and O–H groups in total. The van der Waals surface area contributed by atoms with Gasteiger partial charge < -0.3 is 9.15 Å². The number of anilines is 1. The Labute approximate surface area is 201 Å². The summed E-state index contributed by atoms with van der Waals surface area (Å²) in [5.74, 6) is -1.53. The van der Waals surface area contributed by atoms with Crippen LogP contribution in [0.5, 0.6) is 0 Å². The van der Waals surface area contributed by atoms with Crippen LogP contribution in [0.25, 0.3) is 6.08 Å². The highest BCUT2D eigenvalue weighted by atomic mass is 32.2. The zero-order chi connectivity index (χ0) is 25.2. The van der Waals surface area contributed by atoms with Gasteiger partial charge in [-0.2, -0.15) is 0 Å². The van der Waals surface area contributed by atoms with Gasteiger partial charge in [-0.05, 0) is 49.4 Å². The third-order valence-electron chi connectivity index (χ3n) is 5.34. The Kier molecular flexibility index (Phi) is 6.68. The van der Waals surface area contributed by atoms with Crippen molar-refractivity contribution >= 4 is 33.7 Å². The molecule has 8 nitrogen and oxygen atoms in total. The highest BCUT2D eigenvalue weighted by Gasteiger charge is 2.39. The molecule has 180 valence electrons. The maximum atomic E-state index is 14.4. The van der Waals surface area contributed by atoms with E-state index < -0.39 is 27.7 Å². The van der Waals surface area contributed by atoms with E-state index in [4.69, 9.17) is 9.15 Å². The van der Waals surface area contributed by atoms with Crippen LogP contribution in [0.2, 0.25) is 0 Å². The number of nitrogens with one attached hydrogen (secondary N) is 1. The summed E-state index contributed by atoms with van der Waals surface area (Å²) in [6, 6.07) is 16.7. The molecule has 0 bridgehead atoms. The van der Waals surface area contributed by atoms with Gasteiger partial charge in [-0.1, -0.05) is 30.3 Å². The second-order valence-corrected chi connectivity index (χ2v) is 9.31. The van der Waals surface area contributed by atoms with Crippen LogP contribution >= 0.6 is 0 Å². The molecule has 4 rings (SSSR count). The summed E-state index contributed by atoms with van der Waals surface area (Å²) in [5.41, 5.74) is 0.141. The van der Waals surface area contributed by atoms with Crippen LogP contribution < -0.4 is 9.62 Å². The predicted molar refractivity (Wildman–Crippen MR) is 126 cm³/mol. The SMILES string of the molecule is COC(=O)C1=C(C)N(c2ccccc2F)C(=O)/C1=C\c1ccc(CNS(=O)(=O)c2ccccc2)o1. The molecule has 1 aliphatic rings. The van der Waals surface area contributed by atoms with Gasteiger partial charge in [-0.3, -0.25) is 9.69 Å². The number of hydrogen-bond donors (Lipinski definition) is 1. The van der Waals surface area contributed by atoms with Crippen LogP contribution in [0.3, 0.4) is 0 Å². The number of ether oxygens (including phenoxy) is 1. The van der Waals surface area contributed by atoms with Gasteiger partial charge in [-0.25, -0.2) is 22.3 Å². The number of furan rings is 1. The Morgan fingerprint density at radius 2 is 1.77 bits per heavy atom. The normalized spacial score (nSPS) is 15.2. The van der Waals surface area contributed by atoms with Gasteiger partial charge in [0.05, 0.1) is 35.4 Å². The molecule has 0 saturated carbocycles. The molecule has 0 radical (unpaired) electrons. The average Bonchev–Trinajstić information content (AvgIpc) is 3.40. The van der Waals surface area contributed by atoms with Crippen molar-refractivity contribution in [1.82, 2.24) is 4.72 Å². The fraction of sp³-hybridized carbons (Fsp3) is 0.120. The molecule has 0 fully saturated rings. The van der Waals surface area contributed by atoms with Gasteiger partial charge in [0.1, 0.15) is 17.3 Å². The van der Waals surface area contributed by atoms with E-state index in [1.54, 1.807) is 30.3 Å². The molecule has 1 aromatic heterocycles. The van der Waals surface area contributed by atoms with Crippen molar-refractivity contribution in [2.24, 2.45) is 0 Å². The van der Waals surface area contributed by atoms with Crippen LogP contribution in [0.15, 0.2) is 92.9 Å². The lowest BCUT2D eigenvalue weighted by Gasteiger charge is -2.18. The lowest BCUT2D eigenvalue weighted by molar-refractivity contribution is -0.136. The molecule has 2 heterocycles. The minimum atomic E-state index is -3.74. The summed E-state index contributed by atoms with van der Waals surface area (Å²) in [4.78, 5) is 26.9. The number of hydrogen-bond acceptors (Lipinski definition) is 6. The Morgan fingerprint density at radius 1 is 1.09 bits per heavy atom. The third-order valence-corrected chi connectivity index (χ3v) is 6.76. The number of sulfonamides is 1. The molecule has 1 amide bonds. The molecule has 0 unspecified atom stereocenters. The first kappa shape index (κ1) is 24.1. The summed E-state index contributed by atoms with van der Waals surface area (Å²) in [6.07, 6.45) is 1.34. The molecule has 0 spiro atoms. The van der Waals surface area contributed by atoms with Gasteiger partial charge in [0.2, 0.25) is 10.0 Å². The monoisotopic (exact) mass is 496 g/mol. The largest absolute Gasteiger partial charge is 0.465 e. The number of amides is 1. The van der Waals surface area contributed by atoms with Crippen molar-refractivity contribution in [3.8, 4) is 0 Å². The predicted octanol–water partition coefficient (Wildman–Crippen LogP) is 3.77. The van der Waals surface area contributed by atoms with Crippen molar-refractivity contribution in [2.75, 3.05) is 12.0 Å². The van der Waals surface area contributed by atoms with E-state index in [1.807, 2.05) is 0 Å².